The summed E-state index contributed by atoms with van der Waals surface area (Å²) in [5.41, 5.74) is 0. The number of nitrogens with zero attached hydrogens (tertiary/aromatic N) is 2. The van der Waals surface area contributed by atoms with Crippen molar-refractivity contribution in [3.8, 4) is 0 Å². The average Bonchev–Trinajstić information content (AvgIpc) is 3.30. The standard InChI is InChI=1S/C19H27N3O4/c1-2-7-20-18(24)14-5-8-21(9-6-14)19(25)15-11-17(23)22(12-15)13-16-4-3-10-26-16/h3-4,10,14-15H,2,5-9,11-13H2,1H3,(H,20,24). The lowest BCUT2D eigenvalue weighted by Gasteiger charge is -2.32. The Kier molecular flexibility index (Phi) is 5.96. The number of rotatable bonds is 6. The van der Waals surface area contributed by atoms with Gasteiger partial charge in [0.25, 0.3) is 0 Å². The molecule has 1 N–H and O–H groups in total. The molecule has 26 heavy (non-hydrogen) atoms. The maximum absolute atomic E-state index is 12.8. The highest BCUT2D eigenvalue weighted by atomic mass is 16.3. The van der Waals surface area contributed by atoms with Crippen LogP contribution in [0.3, 0.4) is 0 Å². The molecule has 142 valence electrons. The van der Waals surface area contributed by atoms with Gasteiger partial charge in [-0.15, -0.1) is 0 Å². The first-order valence-corrected chi connectivity index (χ1v) is 9.45. The zero-order valence-corrected chi connectivity index (χ0v) is 15.3. The van der Waals surface area contributed by atoms with Crippen molar-refractivity contribution in [2.24, 2.45) is 11.8 Å². The molecule has 1 aromatic heterocycles. The van der Waals surface area contributed by atoms with Crippen LogP contribution in [0, 0.1) is 11.8 Å². The summed E-state index contributed by atoms with van der Waals surface area (Å²) in [6.07, 6.45) is 4.15. The van der Waals surface area contributed by atoms with Crippen LogP contribution in [-0.2, 0) is 20.9 Å². The van der Waals surface area contributed by atoms with E-state index in [-0.39, 0.29) is 36.0 Å². The summed E-state index contributed by atoms with van der Waals surface area (Å²) in [5.74, 6) is 0.556. The first-order valence-electron chi connectivity index (χ1n) is 9.45. The van der Waals surface area contributed by atoms with E-state index < -0.39 is 0 Å². The summed E-state index contributed by atoms with van der Waals surface area (Å²) < 4.78 is 5.29. The predicted molar refractivity (Wildman–Crippen MR) is 94.8 cm³/mol. The molecule has 1 unspecified atom stereocenters. The van der Waals surface area contributed by atoms with Crippen LogP contribution >= 0.6 is 0 Å². The van der Waals surface area contributed by atoms with Crippen molar-refractivity contribution >= 4 is 17.7 Å². The molecule has 0 saturated carbocycles. The van der Waals surface area contributed by atoms with Gasteiger partial charge >= 0.3 is 0 Å². The largest absolute Gasteiger partial charge is 0.467 e. The highest BCUT2D eigenvalue weighted by Gasteiger charge is 2.38. The van der Waals surface area contributed by atoms with Gasteiger partial charge in [0.15, 0.2) is 0 Å². The van der Waals surface area contributed by atoms with E-state index in [2.05, 4.69) is 5.32 Å². The van der Waals surface area contributed by atoms with Crippen molar-refractivity contribution in [1.82, 2.24) is 15.1 Å². The lowest BCUT2D eigenvalue weighted by Crippen LogP contribution is -2.45. The van der Waals surface area contributed by atoms with Crippen molar-refractivity contribution in [3.63, 3.8) is 0 Å². The number of nitrogens with one attached hydrogen (secondary N) is 1. The molecule has 3 rings (SSSR count). The van der Waals surface area contributed by atoms with Crippen LogP contribution in [0.15, 0.2) is 22.8 Å². The van der Waals surface area contributed by atoms with Gasteiger partial charge in [-0.25, -0.2) is 0 Å². The minimum Gasteiger partial charge on any atom is -0.467 e. The quantitative estimate of drug-likeness (QED) is 0.830. The van der Waals surface area contributed by atoms with Gasteiger partial charge < -0.3 is 19.5 Å². The van der Waals surface area contributed by atoms with Crippen LogP contribution in [0.2, 0.25) is 0 Å². The molecule has 0 bridgehead atoms. The molecule has 2 fully saturated rings. The molecule has 1 aromatic rings. The number of carbonyl (C=O) groups is 3. The summed E-state index contributed by atoms with van der Waals surface area (Å²) in [4.78, 5) is 40.5. The second-order valence-electron chi connectivity index (χ2n) is 7.15. The molecule has 0 spiro atoms. The van der Waals surface area contributed by atoms with Gasteiger partial charge in [0.05, 0.1) is 18.7 Å². The number of carbonyl (C=O) groups excluding carboxylic acids is 3. The van der Waals surface area contributed by atoms with E-state index in [9.17, 15) is 14.4 Å². The van der Waals surface area contributed by atoms with E-state index in [1.54, 1.807) is 17.2 Å². The summed E-state index contributed by atoms with van der Waals surface area (Å²) >= 11 is 0. The van der Waals surface area contributed by atoms with E-state index in [4.69, 9.17) is 4.42 Å². The first-order chi connectivity index (χ1) is 12.6. The lowest BCUT2D eigenvalue weighted by molar-refractivity contribution is -0.139. The minimum atomic E-state index is -0.289. The van der Waals surface area contributed by atoms with E-state index in [1.807, 2.05) is 17.9 Å². The monoisotopic (exact) mass is 361 g/mol. The summed E-state index contributed by atoms with van der Waals surface area (Å²) in [7, 11) is 0. The molecule has 3 heterocycles. The highest BCUT2D eigenvalue weighted by Crippen LogP contribution is 2.25. The fraction of sp³-hybridized carbons (Fsp3) is 0.632. The Bertz CT molecular complexity index is 635. The van der Waals surface area contributed by atoms with Crippen LogP contribution < -0.4 is 5.32 Å². The van der Waals surface area contributed by atoms with Gasteiger partial charge in [-0.1, -0.05) is 6.92 Å². The maximum atomic E-state index is 12.8. The lowest BCUT2D eigenvalue weighted by atomic mass is 9.94. The number of hydrogen-bond donors (Lipinski definition) is 1. The Hall–Kier alpha value is -2.31. The third-order valence-electron chi connectivity index (χ3n) is 5.22. The number of piperidine rings is 1. The SMILES string of the molecule is CCCNC(=O)C1CCN(C(=O)C2CC(=O)N(Cc3ccco3)C2)CC1. The third-order valence-corrected chi connectivity index (χ3v) is 5.22. The van der Waals surface area contributed by atoms with Crippen molar-refractivity contribution in [3.05, 3.63) is 24.2 Å². The smallest absolute Gasteiger partial charge is 0.227 e. The van der Waals surface area contributed by atoms with Crippen LogP contribution in [0.5, 0.6) is 0 Å². The molecule has 0 radical (unpaired) electrons. The highest BCUT2D eigenvalue weighted by molar-refractivity contribution is 5.89. The Labute approximate surface area is 153 Å². The molecule has 3 amide bonds. The van der Waals surface area contributed by atoms with E-state index in [1.165, 1.54) is 0 Å². The molecule has 0 aromatic carbocycles. The van der Waals surface area contributed by atoms with Crippen molar-refractivity contribution in [1.29, 1.82) is 0 Å². The average molecular weight is 361 g/mol. The van der Waals surface area contributed by atoms with Crippen molar-refractivity contribution < 1.29 is 18.8 Å². The first kappa shape index (κ1) is 18.5. The zero-order valence-electron chi connectivity index (χ0n) is 15.3. The summed E-state index contributed by atoms with van der Waals surface area (Å²) in [6.45, 7) is 4.76. The molecule has 2 aliphatic rings. The fourth-order valence-electron chi connectivity index (χ4n) is 3.69. The minimum absolute atomic E-state index is 0.00595. The number of hydrogen-bond acceptors (Lipinski definition) is 4. The van der Waals surface area contributed by atoms with E-state index >= 15 is 0 Å². The molecule has 7 nitrogen and oxygen atoms in total. The van der Waals surface area contributed by atoms with Gasteiger partial charge in [0.2, 0.25) is 17.7 Å². The van der Waals surface area contributed by atoms with Gasteiger partial charge in [-0.3, -0.25) is 14.4 Å². The Morgan fingerprint density at radius 3 is 2.69 bits per heavy atom. The zero-order chi connectivity index (χ0) is 18.5. The molecular formula is C19H27N3O4. The molecule has 7 heteroatoms. The van der Waals surface area contributed by atoms with Gasteiger partial charge in [-0.2, -0.15) is 0 Å². The van der Waals surface area contributed by atoms with E-state index in [0.717, 1.165) is 12.2 Å². The van der Waals surface area contributed by atoms with Crippen LogP contribution in [0.25, 0.3) is 0 Å². The Balaban J connectivity index is 1.48. The number of furan rings is 1. The number of likely N-dealkylation sites (tertiary alicyclic amines) is 2. The second-order valence-corrected chi connectivity index (χ2v) is 7.15. The van der Waals surface area contributed by atoms with Crippen LogP contribution in [0.4, 0.5) is 0 Å². The fourth-order valence-corrected chi connectivity index (χ4v) is 3.69. The van der Waals surface area contributed by atoms with Gasteiger partial charge in [0, 0.05) is 38.5 Å². The Morgan fingerprint density at radius 2 is 2.04 bits per heavy atom. The molecular weight excluding hydrogens is 334 g/mol. The van der Waals surface area contributed by atoms with Gasteiger partial charge in [-0.05, 0) is 31.4 Å². The molecule has 0 aliphatic carbocycles. The predicted octanol–water partition coefficient (Wildman–Crippen LogP) is 1.39. The number of amides is 3. The summed E-state index contributed by atoms with van der Waals surface area (Å²) in [6, 6.07) is 3.62. The van der Waals surface area contributed by atoms with Crippen molar-refractivity contribution in [2.75, 3.05) is 26.2 Å². The topological polar surface area (TPSA) is 82.9 Å². The van der Waals surface area contributed by atoms with Crippen LogP contribution in [-0.4, -0.2) is 53.7 Å². The normalized spacial score (nSPS) is 21.3. The van der Waals surface area contributed by atoms with E-state index in [0.29, 0.717) is 45.6 Å². The third kappa shape index (κ3) is 4.26. The maximum Gasteiger partial charge on any atom is 0.227 e. The molecule has 2 saturated heterocycles. The molecule has 1 atom stereocenters. The Morgan fingerprint density at radius 1 is 1.27 bits per heavy atom. The summed E-state index contributed by atoms with van der Waals surface area (Å²) in [5, 5.41) is 2.93. The van der Waals surface area contributed by atoms with Crippen molar-refractivity contribution in [2.45, 2.75) is 39.2 Å². The molecule has 2 aliphatic heterocycles. The van der Waals surface area contributed by atoms with Crippen LogP contribution in [0.1, 0.15) is 38.4 Å². The van der Waals surface area contributed by atoms with Gasteiger partial charge in [0.1, 0.15) is 5.76 Å². The second kappa shape index (κ2) is 8.38.